The first kappa shape index (κ1) is 15.0. The summed E-state index contributed by atoms with van der Waals surface area (Å²) >= 11 is 0. The lowest BCUT2D eigenvalue weighted by Gasteiger charge is -2.23. The van der Waals surface area contributed by atoms with Crippen molar-refractivity contribution >= 4 is 26.8 Å². The van der Waals surface area contributed by atoms with E-state index < -0.39 is 9.84 Å². The second-order valence-corrected chi connectivity index (χ2v) is 7.99. The number of aromatic nitrogens is 2. The van der Waals surface area contributed by atoms with E-state index in [-0.39, 0.29) is 23.5 Å². The zero-order valence-corrected chi connectivity index (χ0v) is 13.3. The highest BCUT2D eigenvalue weighted by molar-refractivity contribution is 7.91. The van der Waals surface area contributed by atoms with Crippen molar-refractivity contribution in [3.8, 4) is 0 Å². The van der Waals surface area contributed by atoms with Crippen molar-refractivity contribution in [2.24, 2.45) is 0 Å². The van der Waals surface area contributed by atoms with Crippen molar-refractivity contribution in [1.82, 2.24) is 14.9 Å². The van der Waals surface area contributed by atoms with Gasteiger partial charge in [-0.2, -0.15) is 0 Å². The fourth-order valence-electron chi connectivity index (χ4n) is 2.81. The van der Waals surface area contributed by atoms with E-state index in [1.807, 2.05) is 24.3 Å². The Labute approximate surface area is 129 Å². The number of carbonyl (C=O) groups excluding carboxylic acids is 1. The molecule has 22 heavy (non-hydrogen) atoms. The minimum atomic E-state index is -2.97. The average Bonchev–Trinajstić information content (AvgIpc) is 3.06. The second-order valence-electron chi connectivity index (χ2n) is 5.76. The van der Waals surface area contributed by atoms with E-state index in [1.54, 1.807) is 11.9 Å². The van der Waals surface area contributed by atoms with Crippen LogP contribution in [0, 0.1) is 0 Å². The number of sulfone groups is 1. The van der Waals surface area contributed by atoms with Crippen molar-refractivity contribution in [3.05, 3.63) is 30.1 Å². The van der Waals surface area contributed by atoms with Gasteiger partial charge in [0.25, 0.3) is 0 Å². The molecule has 1 aliphatic heterocycles. The number of aryl methyl sites for hydroxylation is 1. The SMILES string of the molecule is CN(C(=O)CCc1nc2ccccc2[nH]1)C1CCS(=O)(=O)C1. The number of aromatic amines is 1. The Morgan fingerprint density at radius 2 is 2.18 bits per heavy atom. The molecule has 0 saturated carbocycles. The molecule has 1 amide bonds. The first-order chi connectivity index (χ1) is 10.4. The van der Waals surface area contributed by atoms with Gasteiger partial charge in [0.05, 0.1) is 22.5 Å². The largest absolute Gasteiger partial charge is 0.342 e. The molecule has 1 aromatic heterocycles. The van der Waals surface area contributed by atoms with E-state index in [0.717, 1.165) is 16.9 Å². The number of nitrogens with one attached hydrogen (secondary N) is 1. The molecular weight excluding hydrogens is 302 g/mol. The number of benzene rings is 1. The molecule has 1 fully saturated rings. The number of nitrogens with zero attached hydrogens (tertiary/aromatic N) is 2. The van der Waals surface area contributed by atoms with Crippen LogP contribution in [0.4, 0.5) is 0 Å². The molecule has 2 heterocycles. The van der Waals surface area contributed by atoms with Crippen LogP contribution in [0.1, 0.15) is 18.7 Å². The molecule has 1 N–H and O–H groups in total. The van der Waals surface area contributed by atoms with Crippen LogP contribution in [-0.4, -0.2) is 53.8 Å². The second kappa shape index (κ2) is 5.72. The molecule has 6 nitrogen and oxygen atoms in total. The molecule has 0 aliphatic carbocycles. The van der Waals surface area contributed by atoms with E-state index in [4.69, 9.17) is 0 Å². The van der Waals surface area contributed by atoms with Gasteiger partial charge in [-0.3, -0.25) is 4.79 Å². The molecule has 0 spiro atoms. The van der Waals surface area contributed by atoms with Crippen LogP contribution in [0.15, 0.2) is 24.3 Å². The van der Waals surface area contributed by atoms with E-state index in [0.29, 0.717) is 19.3 Å². The van der Waals surface area contributed by atoms with E-state index in [1.165, 1.54) is 0 Å². The molecule has 1 saturated heterocycles. The van der Waals surface area contributed by atoms with Gasteiger partial charge in [0.2, 0.25) is 5.91 Å². The number of hydrogen-bond acceptors (Lipinski definition) is 4. The maximum Gasteiger partial charge on any atom is 0.223 e. The molecule has 3 rings (SSSR count). The lowest BCUT2D eigenvalue weighted by molar-refractivity contribution is -0.131. The lowest BCUT2D eigenvalue weighted by Crippen LogP contribution is -2.37. The highest BCUT2D eigenvalue weighted by Gasteiger charge is 2.32. The number of carbonyl (C=O) groups is 1. The minimum Gasteiger partial charge on any atom is -0.342 e. The van der Waals surface area contributed by atoms with Gasteiger partial charge in [-0.05, 0) is 18.6 Å². The maximum atomic E-state index is 12.2. The zero-order valence-electron chi connectivity index (χ0n) is 12.4. The fourth-order valence-corrected chi connectivity index (χ4v) is 4.58. The number of hydrogen-bond donors (Lipinski definition) is 1. The Bertz CT molecular complexity index is 764. The van der Waals surface area contributed by atoms with Crippen LogP contribution in [0.5, 0.6) is 0 Å². The molecule has 0 bridgehead atoms. The quantitative estimate of drug-likeness (QED) is 0.915. The minimum absolute atomic E-state index is 0.0393. The van der Waals surface area contributed by atoms with Crippen molar-refractivity contribution in [3.63, 3.8) is 0 Å². The third kappa shape index (κ3) is 3.14. The van der Waals surface area contributed by atoms with Crippen LogP contribution in [0.2, 0.25) is 0 Å². The number of amides is 1. The number of imidazole rings is 1. The van der Waals surface area contributed by atoms with Gasteiger partial charge >= 0.3 is 0 Å². The summed E-state index contributed by atoms with van der Waals surface area (Å²) in [6, 6.07) is 7.54. The number of fused-ring (bicyclic) bond motifs is 1. The Balaban J connectivity index is 1.60. The summed E-state index contributed by atoms with van der Waals surface area (Å²) in [6.45, 7) is 0. The number of rotatable bonds is 4. The molecule has 1 unspecified atom stereocenters. The zero-order chi connectivity index (χ0) is 15.7. The van der Waals surface area contributed by atoms with Crippen LogP contribution in [0.25, 0.3) is 11.0 Å². The number of H-pyrrole nitrogens is 1. The molecule has 118 valence electrons. The Morgan fingerprint density at radius 3 is 2.86 bits per heavy atom. The Kier molecular flexibility index (Phi) is 3.90. The molecular formula is C15H19N3O3S. The van der Waals surface area contributed by atoms with E-state index >= 15 is 0 Å². The molecule has 1 aliphatic rings. The average molecular weight is 321 g/mol. The summed E-state index contributed by atoms with van der Waals surface area (Å²) < 4.78 is 23.0. The van der Waals surface area contributed by atoms with Gasteiger partial charge in [-0.1, -0.05) is 12.1 Å². The topological polar surface area (TPSA) is 83.1 Å². The highest BCUT2D eigenvalue weighted by atomic mass is 32.2. The van der Waals surface area contributed by atoms with Crippen LogP contribution in [-0.2, 0) is 21.1 Å². The van der Waals surface area contributed by atoms with Crippen LogP contribution < -0.4 is 0 Å². The van der Waals surface area contributed by atoms with Crippen molar-refractivity contribution in [2.45, 2.75) is 25.3 Å². The molecule has 7 heteroatoms. The van der Waals surface area contributed by atoms with Crippen LogP contribution >= 0.6 is 0 Å². The normalized spacial score (nSPS) is 20.3. The first-order valence-corrected chi connectivity index (χ1v) is 9.16. The fraction of sp³-hybridized carbons (Fsp3) is 0.467. The van der Waals surface area contributed by atoms with Crippen molar-refractivity contribution < 1.29 is 13.2 Å². The van der Waals surface area contributed by atoms with E-state index in [2.05, 4.69) is 9.97 Å². The number of para-hydroxylation sites is 2. The molecule has 1 atom stereocenters. The molecule has 1 aromatic carbocycles. The summed E-state index contributed by atoms with van der Waals surface area (Å²) in [5, 5.41) is 0. The van der Waals surface area contributed by atoms with Gasteiger partial charge in [-0.15, -0.1) is 0 Å². The van der Waals surface area contributed by atoms with Crippen molar-refractivity contribution in [1.29, 1.82) is 0 Å². The Morgan fingerprint density at radius 1 is 1.41 bits per heavy atom. The summed E-state index contributed by atoms with van der Waals surface area (Å²) in [5.74, 6) is 1.00. The third-order valence-electron chi connectivity index (χ3n) is 4.16. The Hall–Kier alpha value is -1.89. The smallest absolute Gasteiger partial charge is 0.223 e. The third-order valence-corrected chi connectivity index (χ3v) is 5.91. The van der Waals surface area contributed by atoms with Gasteiger partial charge in [0, 0.05) is 25.9 Å². The summed E-state index contributed by atoms with van der Waals surface area (Å²) in [5.41, 5.74) is 1.85. The van der Waals surface area contributed by atoms with Crippen LogP contribution in [0.3, 0.4) is 0 Å². The highest BCUT2D eigenvalue weighted by Crippen LogP contribution is 2.18. The summed E-state index contributed by atoms with van der Waals surface area (Å²) in [7, 11) is -1.28. The molecule has 0 radical (unpaired) electrons. The van der Waals surface area contributed by atoms with E-state index in [9.17, 15) is 13.2 Å². The van der Waals surface area contributed by atoms with Gasteiger partial charge in [0.15, 0.2) is 9.84 Å². The predicted molar refractivity (Wildman–Crippen MR) is 84.2 cm³/mol. The standard InChI is InChI=1S/C15H19N3O3S/c1-18(11-8-9-22(20,21)10-11)15(19)7-6-14-16-12-4-2-3-5-13(12)17-14/h2-5,11H,6-10H2,1H3,(H,16,17). The lowest BCUT2D eigenvalue weighted by atomic mass is 10.2. The summed E-state index contributed by atoms with van der Waals surface area (Å²) in [6.07, 6.45) is 1.39. The van der Waals surface area contributed by atoms with Gasteiger partial charge < -0.3 is 9.88 Å². The first-order valence-electron chi connectivity index (χ1n) is 7.34. The monoisotopic (exact) mass is 321 g/mol. The van der Waals surface area contributed by atoms with Crippen molar-refractivity contribution in [2.75, 3.05) is 18.6 Å². The van der Waals surface area contributed by atoms with Gasteiger partial charge in [0.1, 0.15) is 5.82 Å². The summed E-state index contributed by atoms with van der Waals surface area (Å²) in [4.78, 5) is 21.4. The van der Waals surface area contributed by atoms with Gasteiger partial charge in [-0.25, -0.2) is 13.4 Å². The maximum absolute atomic E-state index is 12.2. The molecule has 2 aromatic rings. The predicted octanol–water partition coefficient (Wildman–Crippen LogP) is 1.14.